The van der Waals surface area contributed by atoms with Crippen LogP contribution in [-0.2, 0) is 4.74 Å². The Balaban J connectivity index is 2.35. The summed E-state index contributed by atoms with van der Waals surface area (Å²) < 4.78 is 10.4. The molecule has 0 aliphatic rings. The standard InChI is InChI=1S/C13H16N2O4/c1-7(2)11(18-3)12-14-13(19-15-12)9-5-4-8(16)6-10(9)17/h4-7,11,16-17H,1-3H3. The molecule has 0 saturated heterocycles. The topological polar surface area (TPSA) is 88.6 Å². The van der Waals surface area contributed by atoms with Crippen LogP contribution in [-0.4, -0.2) is 27.5 Å². The molecule has 0 amide bonds. The van der Waals surface area contributed by atoms with Crippen LogP contribution in [0, 0.1) is 5.92 Å². The predicted molar refractivity (Wildman–Crippen MR) is 67.7 cm³/mol. The largest absolute Gasteiger partial charge is 0.508 e. The van der Waals surface area contributed by atoms with E-state index in [9.17, 15) is 10.2 Å². The average molecular weight is 264 g/mol. The van der Waals surface area contributed by atoms with E-state index in [2.05, 4.69) is 10.1 Å². The van der Waals surface area contributed by atoms with E-state index in [1.54, 1.807) is 7.11 Å². The van der Waals surface area contributed by atoms with Gasteiger partial charge in [0.15, 0.2) is 0 Å². The highest BCUT2D eigenvalue weighted by atomic mass is 16.5. The van der Waals surface area contributed by atoms with E-state index in [-0.39, 0.29) is 29.4 Å². The molecule has 0 fully saturated rings. The highest BCUT2D eigenvalue weighted by Crippen LogP contribution is 2.32. The molecule has 1 aromatic carbocycles. The van der Waals surface area contributed by atoms with Crippen molar-refractivity contribution in [2.75, 3.05) is 7.11 Å². The molecule has 2 rings (SSSR count). The first kappa shape index (κ1) is 13.4. The number of aromatic hydroxyl groups is 2. The van der Waals surface area contributed by atoms with Crippen molar-refractivity contribution in [2.24, 2.45) is 5.92 Å². The lowest BCUT2D eigenvalue weighted by atomic mass is 10.1. The second-order valence-corrected chi connectivity index (χ2v) is 4.56. The summed E-state index contributed by atoms with van der Waals surface area (Å²) in [5.74, 6) is 0.672. The third-order valence-corrected chi connectivity index (χ3v) is 2.77. The number of rotatable bonds is 4. The van der Waals surface area contributed by atoms with Gasteiger partial charge >= 0.3 is 0 Å². The summed E-state index contributed by atoms with van der Waals surface area (Å²) in [5, 5.41) is 22.8. The highest BCUT2D eigenvalue weighted by Gasteiger charge is 2.22. The summed E-state index contributed by atoms with van der Waals surface area (Å²) in [5.41, 5.74) is 0.371. The Bertz CT molecular complexity index is 566. The van der Waals surface area contributed by atoms with Gasteiger partial charge in [-0.1, -0.05) is 19.0 Å². The zero-order chi connectivity index (χ0) is 14.0. The molecular formula is C13H16N2O4. The molecule has 2 N–H and O–H groups in total. The Hall–Kier alpha value is -2.08. The van der Waals surface area contributed by atoms with Crippen molar-refractivity contribution >= 4 is 0 Å². The van der Waals surface area contributed by atoms with E-state index in [1.807, 2.05) is 13.8 Å². The van der Waals surface area contributed by atoms with Gasteiger partial charge in [0.2, 0.25) is 5.82 Å². The maximum atomic E-state index is 9.74. The van der Waals surface area contributed by atoms with Gasteiger partial charge in [0.1, 0.15) is 17.6 Å². The Labute approximate surface area is 110 Å². The molecule has 0 aliphatic carbocycles. The minimum absolute atomic E-state index is 0.0297. The summed E-state index contributed by atoms with van der Waals surface area (Å²) in [4.78, 5) is 4.22. The van der Waals surface area contributed by atoms with E-state index in [0.717, 1.165) is 0 Å². The van der Waals surface area contributed by atoms with Gasteiger partial charge in [-0.05, 0) is 18.1 Å². The normalized spacial score (nSPS) is 12.8. The lowest BCUT2D eigenvalue weighted by Crippen LogP contribution is -2.10. The minimum atomic E-state index is -0.267. The quantitative estimate of drug-likeness (QED) is 0.882. The number of ether oxygens (including phenoxy) is 1. The number of phenolic OH excluding ortho intramolecular Hbond substituents is 2. The summed E-state index contributed by atoms with van der Waals surface area (Å²) in [6, 6.07) is 4.17. The van der Waals surface area contributed by atoms with E-state index in [0.29, 0.717) is 11.4 Å². The van der Waals surface area contributed by atoms with Gasteiger partial charge < -0.3 is 19.5 Å². The molecule has 6 nitrogen and oxygen atoms in total. The Kier molecular flexibility index (Phi) is 3.71. The first-order valence-electron chi connectivity index (χ1n) is 5.91. The zero-order valence-electron chi connectivity index (χ0n) is 11.0. The van der Waals surface area contributed by atoms with Crippen LogP contribution < -0.4 is 0 Å². The highest BCUT2D eigenvalue weighted by molar-refractivity contribution is 5.63. The average Bonchev–Trinajstić information content (AvgIpc) is 2.78. The number of hydrogen-bond donors (Lipinski definition) is 2. The summed E-state index contributed by atoms with van der Waals surface area (Å²) >= 11 is 0. The van der Waals surface area contributed by atoms with Crippen LogP contribution in [0.25, 0.3) is 11.5 Å². The number of hydrogen-bond acceptors (Lipinski definition) is 6. The molecule has 1 atom stereocenters. The molecule has 2 aromatic rings. The molecule has 0 spiro atoms. The van der Waals surface area contributed by atoms with Crippen molar-refractivity contribution in [3.05, 3.63) is 24.0 Å². The van der Waals surface area contributed by atoms with Crippen LogP contribution in [0.3, 0.4) is 0 Å². The van der Waals surface area contributed by atoms with E-state index in [1.165, 1.54) is 18.2 Å². The molecule has 102 valence electrons. The van der Waals surface area contributed by atoms with Crippen LogP contribution in [0.2, 0.25) is 0 Å². The fourth-order valence-electron chi connectivity index (χ4n) is 1.84. The predicted octanol–water partition coefficient (Wildman–Crippen LogP) is 2.49. The van der Waals surface area contributed by atoms with Gasteiger partial charge in [0.05, 0.1) is 5.56 Å². The summed E-state index contributed by atoms with van der Waals surface area (Å²) in [6.07, 6.45) is -0.267. The number of methoxy groups -OCH3 is 1. The molecule has 0 radical (unpaired) electrons. The molecule has 1 unspecified atom stereocenters. The van der Waals surface area contributed by atoms with Gasteiger partial charge in [-0.15, -0.1) is 0 Å². The molecule has 0 saturated carbocycles. The molecule has 0 bridgehead atoms. The molecule has 1 heterocycles. The summed E-state index contributed by atoms with van der Waals surface area (Å²) in [7, 11) is 1.58. The van der Waals surface area contributed by atoms with Crippen LogP contribution >= 0.6 is 0 Å². The summed E-state index contributed by atoms with van der Waals surface area (Å²) in [6.45, 7) is 3.98. The van der Waals surface area contributed by atoms with Crippen molar-refractivity contribution in [1.82, 2.24) is 10.1 Å². The molecule has 19 heavy (non-hydrogen) atoms. The third kappa shape index (κ3) is 2.68. The lowest BCUT2D eigenvalue weighted by Gasteiger charge is -2.14. The first-order valence-corrected chi connectivity index (χ1v) is 5.91. The maximum absolute atomic E-state index is 9.74. The smallest absolute Gasteiger partial charge is 0.261 e. The van der Waals surface area contributed by atoms with Crippen LogP contribution in [0.1, 0.15) is 25.8 Å². The monoisotopic (exact) mass is 264 g/mol. The van der Waals surface area contributed by atoms with Crippen molar-refractivity contribution in [2.45, 2.75) is 20.0 Å². The van der Waals surface area contributed by atoms with E-state index in [4.69, 9.17) is 9.26 Å². The lowest BCUT2D eigenvalue weighted by molar-refractivity contribution is 0.0556. The van der Waals surface area contributed by atoms with Gasteiger partial charge in [-0.25, -0.2) is 0 Å². The van der Waals surface area contributed by atoms with Crippen LogP contribution in [0.15, 0.2) is 22.7 Å². The van der Waals surface area contributed by atoms with Gasteiger partial charge in [-0.3, -0.25) is 0 Å². The number of aromatic nitrogens is 2. The van der Waals surface area contributed by atoms with E-state index < -0.39 is 0 Å². The molecule has 6 heteroatoms. The Morgan fingerprint density at radius 1 is 1.26 bits per heavy atom. The van der Waals surface area contributed by atoms with Crippen LogP contribution in [0.5, 0.6) is 11.5 Å². The SMILES string of the molecule is COC(c1noc(-c2ccc(O)cc2O)n1)C(C)C. The maximum Gasteiger partial charge on any atom is 0.261 e. The van der Waals surface area contributed by atoms with Crippen molar-refractivity contribution < 1.29 is 19.5 Å². The van der Waals surface area contributed by atoms with E-state index >= 15 is 0 Å². The van der Waals surface area contributed by atoms with Crippen molar-refractivity contribution in [1.29, 1.82) is 0 Å². The van der Waals surface area contributed by atoms with Crippen molar-refractivity contribution in [3.8, 4) is 23.0 Å². The van der Waals surface area contributed by atoms with Gasteiger partial charge in [0.25, 0.3) is 5.89 Å². The molecule has 0 aliphatic heterocycles. The Morgan fingerprint density at radius 3 is 2.58 bits per heavy atom. The van der Waals surface area contributed by atoms with Crippen molar-refractivity contribution in [3.63, 3.8) is 0 Å². The number of benzene rings is 1. The second kappa shape index (κ2) is 5.27. The second-order valence-electron chi connectivity index (χ2n) is 4.56. The van der Waals surface area contributed by atoms with Gasteiger partial charge in [-0.2, -0.15) is 4.98 Å². The number of nitrogens with zero attached hydrogens (tertiary/aromatic N) is 2. The zero-order valence-corrected chi connectivity index (χ0v) is 11.0. The third-order valence-electron chi connectivity index (χ3n) is 2.77. The van der Waals surface area contributed by atoms with Gasteiger partial charge in [0, 0.05) is 13.2 Å². The first-order chi connectivity index (χ1) is 9.02. The fourth-order valence-corrected chi connectivity index (χ4v) is 1.84. The molecular weight excluding hydrogens is 248 g/mol. The fraction of sp³-hybridized carbons (Fsp3) is 0.385. The number of phenols is 2. The molecule has 1 aromatic heterocycles. The Morgan fingerprint density at radius 2 is 2.00 bits per heavy atom. The minimum Gasteiger partial charge on any atom is -0.508 e. The van der Waals surface area contributed by atoms with Crippen LogP contribution in [0.4, 0.5) is 0 Å².